The van der Waals surface area contributed by atoms with Crippen molar-refractivity contribution in [1.29, 1.82) is 0 Å². The first kappa shape index (κ1) is 12.5. The summed E-state index contributed by atoms with van der Waals surface area (Å²) in [6.07, 6.45) is 0. The van der Waals surface area contributed by atoms with E-state index in [4.69, 9.17) is 14.6 Å². The van der Waals surface area contributed by atoms with Crippen molar-refractivity contribution in [3.05, 3.63) is 29.3 Å². The number of aromatic carboxylic acids is 1. The lowest BCUT2D eigenvalue weighted by molar-refractivity contribution is 0.0507. The van der Waals surface area contributed by atoms with Crippen LogP contribution in [0.4, 0.5) is 0 Å². The van der Waals surface area contributed by atoms with E-state index in [1.54, 1.807) is 6.07 Å². The molecule has 4 heteroatoms. The number of ether oxygens (including phenoxy) is 2. The molecule has 0 radical (unpaired) electrons. The van der Waals surface area contributed by atoms with Gasteiger partial charge < -0.3 is 14.6 Å². The molecule has 16 heavy (non-hydrogen) atoms. The van der Waals surface area contributed by atoms with Gasteiger partial charge in [-0.25, -0.2) is 4.79 Å². The van der Waals surface area contributed by atoms with Crippen molar-refractivity contribution in [2.75, 3.05) is 13.9 Å². The first-order chi connectivity index (χ1) is 7.54. The van der Waals surface area contributed by atoms with E-state index in [1.807, 2.05) is 19.9 Å². The number of hydrogen-bond acceptors (Lipinski definition) is 3. The zero-order valence-electron chi connectivity index (χ0n) is 9.69. The van der Waals surface area contributed by atoms with Crippen molar-refractivity contribution in [3.63, 3.8) is 0 Å². The van der Waals surface area contributed by atoms with Crippen molar-refractivity contribution in [3.8, 4) is 5.75 Å². The number of rotatable bonds is 5. The fourth-order valence-corrected chi connectivity index (χ4v) is 1.29. The summed E-state index contributed by atoms with van der Waals surface area (Å²) in [5.41, 5.74) is 1.17. The third kappa shape index (κ3) is 3.24. The van der Waals surface area contributed by atoms with E-state index in [-0.39, 0.29) is 18.3 Å². The second kappa shape index (κ2) is 5.51. The van der Waals surface area contributed by atoms with Gasteiger partial charge in [0, 0.05) is 7.11 Å². The highest BCUT2D eigenvalue weighted by Gasteiger charge is 2.09. The fraction of sp³-hybridized carbons (Fsp3) is 0.417. The zero-order chi connectivity index (χ0) is 12.1. The van der Waals surface area contributed by atoms with Crippen LogP contribution in [0, 0.1) is 0 Å². The van der Waals surface area contributed by atoms with Crippen LogP contribution in [0.5, 0.6) is 5.75 Å². The molecule has 88 valence electrons. The van der Waals surface area contributed by atoms with Gasteiger partial charge in [0.25, 0.3) is 0 Å². The number of methoxy groups -OCH3 is 1. The van der Waals surface area contributed by atoms with Gasteiger partial charge in [-0.3, -0.25) is 0 Å². The van der Waals surface area contributed by atoms with Crippen LogP contribution in [-0.2, 0) is 4.74 Å². The van der Waals surface area contributed by atoms with E-state index in [0.29, 0.717) is 5.75 Å². The maximum atomic E-state index is 10.9. The molecule has 0 aliphatic rings. The van der Waals surface area contributed by atoms with Crippen molar-refractivity contribution in [1.82, 2.24) is 0 Å². The predicted octanol–water partition coefficient (Wildman–Crippen LogP) is 2.49. The average Bonchev–Trinajstić information content (AvgIpc) is 2.25. The van der Waals surface area contributed by atoms with Crippen LogP contribution in [0.3, 0.4) is 0 Å². The van der Waals surface area contributed by atoms with Gasteiger partial charge in [-0.2, -0.15) is 0 Å². The Bertz CT molecular complexity index is 371. The minimum Gasteiger partial charge on any atom is -0.478 e. The van der Waals surface area contributed by atoms with E-state index >= 15 is 0 Å². The molecular weight excluding hydrogens is 208 g/mol. The van der Waals surface area contributed by atoms with Gasteiger partial charge in [-0.15, -0.1) is 0 Å². The largest absolute Gasteiger partial charge is 0.478 e. The fourth-order valence-electron chi connectivity index (χ4n) is 1.29. The molecule has 0 amide bonds. The molecule has 1 aromatic carbocycles. The Kier molecular flexibility index (Phi) is 4.31. The molecule has 1 aromatic rings. The first-order valence-corrected chi connectivity index (χ1v) is 5.04. The Hall–Kier alpha value is -1.55. The summed E-state index contributed by atoms with van der Waals surface area (Å²) >= 11 is 0. The smallest absolute Gasteiger partial charge is 0.335 e. The topological polar surface area (TPSA) is 55.8 Å². The third-order valence-corrected chi connectivity index (χ3v) is 2.19. The molecule has 4 nitrogen and oxygen atoms in total. The molecule has 0 spiro atoms. The first-order valence-electron chi connectivity index (χ1n) is 5.04. The Labute approximate surface area is 94.8 Å². The third-order valence-electron chi connectivity index (χ3n) is 2.19. The van der Waals surface area contributed by atoms with Crippen LogP contribution < -0.4 is 4.74 Å². The molecule has 0 heterocycles. The summed E-state index contributed by atoms with van der Waals surface area (Å²) in [6, 6.07) is 4.98. The van der Waals surface area contributed by atoms with Crippen LogP contribution in [0.25, 0.3) is 0 Å². The standard InChI is InChI=1S/C12H16O4/c1-8(2)9-4-10(12(13)14)6-11(5-9)16-7-15-3/h4-6,8H,7H2,1-3H3,(H,13,14). The number of hydrogen-bond donors (Lipinski definition) is 1. The summed E-state index contributed by atoms with van der Waals surface area (Å²) in [5.74, 6) is -0.181. The summed E-state index contributed by atoms with van der Waals surface area (Å²) in [5, 5.41) is 8.95. The summed E-state index contributed by atoms with van der Waals surface area (Å²) < 4.78 is 10.0. The summed E-state index contributed by atoms with van der Waals surface area (Å²) in [6.45, 7) is 4.11. The minimum absolute atomic E-state index is 0.112. The Morgan fingerprint density at radius 1 is 1.38 bits per heavy atom. The lowest BCUT2D eigenvalue weighted by Crippen LogP contribution is -2.03. The molecule has 0 aliphatic heterocycles. The van der Waals surface area contributed by atoms with Crippen molar-refractivity contribution < 1.29 is 19.4 Å². The maximum Gasteiger partial charge on any atom is 0.335 e. The van der Waals surface area contributed by atoms with Crippen LogP contribution in [0.2, 0.25) is 0 Å². The van der Waals surface area contributed by atoms with Crippen LogP contribution in [0.15, 0.2) is 18.2 Å². The molecule has 0 aliphatic carbocycles. The zero-order valence-corrected chi connectivity index (χ0v) is 9.69. The van der Waals surface area contributed by atoms with Crippen molar-refractivity contribution in [2.24, 2.45) is 0 Å². The maximum absolute atomic E-state index is 10.9. The number of carboxylic acids is 1. The average molecular weight is 224 g/mol. The van der Waals surface area contributed by atoms with Crippen molar-refractivity contribution in [2.45, 2.75) is 19.8 Å². The van der Waals surface area contributed by atoms with Gasteiger partial charge in [-0.05, 0) is 29.7 Å². The minimum atomic E-state index is -0.954. The van der Waals surface area contributed by atoms with E-state index in [9.17, 15) is 4.79 Å². The van der Waals surface area contributed by atoms with Crippen LogP contribution >= 0.6 is 0 Å². The second-order valence-electron chi connectivity index (χ2n) is 3.80. The summed E-state index contributed by atoms with van der Waals surface area (Å²) in [4.78, 5) is 10.9. The molecule has 1 N–H and O–H groups in total. The monoisotopic (exact) mass is 224 g/mol. The molecule has 0 atom stereocenters. The van der Waals surface area contributed by atoms with Gasteiger partial charge >= 0.3 is 5.97 Å². The highest BCUT2D eigenvalue weighted by molar-refractivity contribution is 5.88. The Morgan fingerprint density at radius 2 is 2.06 bits per heavy atom. The van der Waals surface area contributed by atoms with E-state index < -0.39 is 5.97 Å². The molecular formula is C12H16O4. The number of carbonyl (C=O) groups is 1. The number of benzene rings is 1. The SMILES string of the molecule is COCOc1cc(C(=O)O)cc(C(C)C)c1. The molecule has 0 unspecified atom stereocenters. The normalized spacial score (nSPS) is 10.5. The number of carboxylic acid groups (broad SMARTS) is 1. The lowest BCUT2D eigenvalue weighted by atomic mass is 10.0. The Balaban J connectivity index is 3.03. The van der Waals surface area contributed by atoms with Crippen LogP contribution in [0.1, 0.15) is 35.7 Å². The molecule has 0 bridgehead atoms. The highest BCUT2D eigenvalue weighted by Crippen LogP contribution is 2.23. The summed E-state index contributed by atoms with van der Waals surface area (Å²) in [7, 11) is 1.52. The quantitative estimate of drug-likeness (QED) is 0.781. The molecule has 0 aromatic heterocycles. The Morgan fingerprint density at radius 3 is 2.56 bits per heavy atom. The predicted molar refractivity (Wildman–Crippen MR) is 60.0 cm³/mol. The molecule has 1 rings (SSSR count). The van der Waals surface area contributed by atoms with E-state index in [1.165, 1.54) is 13.2 Å². The van der Waals surface area contributed by atoms with E-state index in [0.717, 1.165) is 5.56 Å². The van der Waals surface area contributed by atoms with Crippen LogP contribution in [-0.4, -0.2) is 25.0 Å². The van der Waals surface area contributed by atoms with Crippen molar-refractivity contribution >= 4 is 5.97 Å². The van der Waals surface area contributed by atoms with E-state index in [2.05, 4.69) is 0 Å². The molecule has 0 saturated carbocycles. The van der Waals surface area contributed by atoms with Gasteiger partial charge in [0.15, 0.2) is 6.79 Å². The molecule has 0 saturated heterocycles. The second-order valence-corrected chi connectivity index (χ2v) is 3.80. The highest BCUT2D eigenvalue weighted by atomic mass is 16.7. The van der Waals surface area contributed by atoms with Gasteiger partial charge in [0.1, 0.15) is 5.75 Å². The van der Waals surface area contributed by atoms with Gasteiger partial charge in [0.05, 0.1) is 5.56 Å². The molecule has 0 fully saturated rings. The van der Waals surface area contributed by atoms with Gasteiger partial charge in [0.2, 0.25) is 0 Å². The van der Waals surface area contributed by atoms with Gasteiger partial charge in [-0.1, -0.05) is 13.8 Å². The lowest BCUT2D eigenvalue weighted by Gasteiger charge is -2.11.